The van der Waals surface area contributed by atoms with E-state index in [1.165, 1.54) is 4.90 Å². The standard InChI is InChI=1S/C27H22N4O4/c1-35-19-13-11-18(12-14-19)30-26(33)21-22(27(30)34)24(25(32)29-17-8-3-2-4-9-17)31-23(21)20-10-6-5-7-16(20)15-28-31/h2-15,21-24H,1H3,(H,29,32). The molecule has 1 N–H and O–H groups in total. The molecule has 3 amide bonds. The average molecular weight is 466 g/mol. The molecular formula is C27H22N4O4. The Hall–Kier alpha value is -4.46. The van der Waals surface area contributed by atoms with Gasteiger partial charge in [-0.3, -0.25) is 19.4 Å². The molecule has 6 rings (SSSR count). The summed E-state index contributed by atoms with van der Waals surface area (Å²) in [6.07, 6.45) is 1.69. The highest BCUT2D eigenvalue weighted by Gasteiger charge is 2.65. The summed E-state index contributed by atoms with van der Waals surface area (Å²) in [7, 11) is 1.55. The van der Waals surface area contributed by atoms with Crippen molar-refractivity contribution in [2.24, 2.45) is 16.9 Å². The lowest BCUT2D eigenvalue weighted by molar-refractivity contribution is -0.129. The zero-order chi connectivity index (χ0) is 24.1. The number of carbonyl (C=O) groups is 3. The number of hydrogen-bond acceptors (Lipinski definition) is 6. The molecule has 174 valence electrons. The molecule has 3 aromatic carbocycles. The number of nitrogens with zero attached hydrogens (tertiary/aromatic N) is 3. The lowest BCUT2D eigenvalue weighted by Gasteiger charge is -2.33. The summed E-state index contributed by atoms with van der Waals surface area (Å²) in [4.78, 5) is 42.4. The molecule has 3 aliphatic rings. The van der Waals surface area contributed by atoms with Crippen molar-refractivity contribution in [3.8, 4) is 5.75 Å². The number of hydrazone groups is 1. The molecule has 0 aromatic heterocycles. The molecule has 35 heavy (non-hydrogen) atoms. The molecule has 3 heterocycles. The van der Waals surface area contributed by atoms with Crippen molar-refractivity contribution in [1.29, 1.82) is 0 Å². The van der Waals surface area contributed by atoms with Crippen LogP contribution in [-0.4, -0.2) is 42.1 Å². The lowest BCUT2D eigenvalue weighted by atomic mass is 9.85. The van der Waals surface area contributed by atoms with Crippen LogP contribution in [0.5, 0.6) is 5.75 Å². The first kappa shape index (κ1) is 21.1. The third-order valence-corrected chi connectivity index (χ3v) is 6.93. The maximum absolute atomic E-state index is 13.8. The van der Waals surface area contributed by atoms with Crippen molar-refractivity contribution >= 4 is 35.3 Å². The summed E-state index contributed by atoms with van der Waals surface area (Å²) in [5.41, 5.74) is 2.82. The third kappa shape index (κ3) is 3.21. The Morgan fingerprint density at radius 3 is 2.31 bits per heavy atom. The smallest absolute Gasteiger partial charge is 0.249 e. The largest absolute Gasteiger partial charge is 0.497 e. The quantitative estimate of drug-likeness (QED) is 0.597. The predicted molar refractivity (Wildman–Crippen MR) is 130 cm³/mol. The van der Waals surface area contributed by atoms with E-state index in [1.54, 1.807) is 54.7 Å². The second-order valence-electron chi connectivity index (χ2n) is 8.76. The van der Waals surface area contributed by atoms with E-state index in [1.807, 2.05) is 42.5 Å². The van der Waals surface area contributed by atoms with Gasteiger partial charge in [0.1, 0.15) is 11.8 Å². The van der Waals surface area contributed by atoms with Crippen LogP contribution in [0.4, 0.5) is 11.4 Å². The highest BCUT2D eigenvalue weighted by atomic mass is 16.5. The van der Waals surface area contributed by atoms with Gasteiger partial charge in [0, 0.05) is 5.69 Å². The Morgan fingerprint density at radius 1 is 0.886 bits per heavy atom. The number of fused-ring (bicyclic) bond motifs is 5. The van der Waals surface area contributed by atoms with Gasteiger partial charge in [-0.15, -0.1) is 0 Å². The van der Waals surface area contributed by atoms with Gasteiger partial charge in [-0.05, 0) is 47.5 Å². The Labute approximate surface area is 201 Å². The summed E-state index contributed by atoms with van der Waals surface area (Å²) in [5.74, 6) is -2.10. The Balaban J connectivity index is 1.43. The number of para-hydroxylation sites is 1. The van der Waals surface area contributed by atoms with Crippen molar-refractivity contribution in [2.45, 2.75) is 12.1 Å². The summed E-state index contributed by atoms with van der Waals surface area (Å²) < 4.78 is 5.21. The average Bonchev–Trinajstić information content (AvgIpc) is 3.37. The van der Waals surface area contributed by atoms with E-state index in [-0.39, 0.29) is 11.8 Å². The fraction of sp³-hybridized carbons (Fsp3) is 0.185. The minimum atomic E-state index is -0.936. The molecule has 0 bridgehead atoms. The summed E-state index contributed by atoms with van der Waals surface area (Å²) >= 11 is 0. The van der Waals surface area contributed by atoms with Crippen LogP contribution in [0.15, 0.2) is 84.0 Å². The number of amides is 3. The number of hydrogen-bond donors (Lipinski definition) is 1. The zero-order valence-corrected chi connectivity index (χ0v) is 18.9. The van der Waals surface area contributed by atoms with Gasteiger partial charge in [-0.2, -0.15) is 5.10 Å². The van der Waals surface area contributed by atoms with Gasteiger partial charge in [-0.1, -0.05) is 42.5 Å². The van der Waals surface area contributed by atoms with Crippen LogP contribution in [0, 0.1) is 11.8 Å². The van der Waals surface area contributed by atoms with Crippen molar-refractivity contribution in [3.05, 3.63) is 90.0 Å². The second-order valence-corrected chi connectivity index (χ2v) is 8.76. The van der Waals surface area contributed by atoms with Crippen LogP contribution in [0.25, 0.3) is 0 Å². The molecule has 0 saturated carbocycles. The maximum atomic E-state index is 13.8. The third-order valence-electron chi connectivity index (χ3n) is 6.93. The van der Waals surface area contributed by atoms with Gasteiger partial charge in [0.15, 0.2) is 0 Å². The molecule has 0 radical (unpaired) electrons. The first-order chi connectivity index (χ1) is 17.1. The van der Waals surface area contributed by atoms with Crippen molar-refractivity contribution < 1.29 is 19.1 Å². The van der Waals surface area contributed by atoms with Gasteiger partial charge in [0.2, 0.25) is 17.7 Å². The number of carbonyl (C=O) groups excluding carboxylic acids is 3. The highest BCUT2D eigenvalue weighted by Crippen LogP contribution is 2.52. The molecule has 3 aliphatic heterocycles. The molecule has 3 aromatic rings. The fourth-order valence-corrected chi connectivity index (χ4v) is 5.39. The Kier molecular flexibility index (Phi) is 4.88. The molecule has 2 fully saturated rings. The topological polar surface area (TPSA) is 91.3 Å². The van der Waals surface area contributed by atoms with Gasteiger partial charge in [-0.25, -0.2) is 4.90 Å². The van der Waals surface area contributed by atoms with E-state index in [0.29, 0.717) is 17.1 Å². The van der Waals surface area contributed by atoms with E-state index in [9.17, 15) is 14.4 Å². The van der Waals surface area contributed by atoms with Gasteiger partial charge in [0.25, 0.3) is 0 Å². The molecule has 0 aliphatic carbocycles. The number of methoxy groups -OCH3 is 1. The SMILES string of the molecule is COc1ccc(N2C(=O)C3C(C2=O)C2c4ccccc4C=NN2C3C(=O)Nc2ccccc2)cc1. The Bertz CT molecular complexity index is 1360. The van der Waals surface area contributed by atoms with Crippen LogP contribution in [0.3, 0.4) is 0 Å². The predicted octanol–water partition coefficient (Wildman–Crippen LogP) is 3.21. The van der Waals surface area contributed by atoms with E-state index >= 15 is 0 Å². The van der Waals surface area contributed by atoms with Gasteiger partial charge < -0.3 is 10.1 Å². The number of rotatable bonds is 4. The summed E-state index contributed by atoms with van der Waals surface area (Å²) in [6.45, 7) is 0. The zero-order valence-electron chi connectivity index (χ0n) is 18.9. The van der Waals surface area contributed by atoms with Crippen LogP contribution in [-0.2, 0) is 14.4 Å². The summed E-state index contributed by atoms with van der Waals surface area (Å²) in [5, 5.41) is 9.10. The van der Waals surface area contributed by atoms with Crippen molar-refractivity contribution in [2.75, 3.05) is 17.3 Å². The minimum absolute atomic E-state index is 0.331. The maximum Gasteiger partial charge on any atom is 0.249 e. The number of nitrogens with one attached hydrogen (secondary N) is 1. The highest BCUT2D eigenvalue weighted by molar-refractivity contribution is 6.24. The van der Waals surface area contributed by atoms with Crippen LogP contribution in [0.1, 0.15) is 17.2 Å². The normalized spacial score (nSPS) is 24.1. The number of anilines is 2. The Morgan fingerprint density at radius 2 is 1.57 bits per heavy atom. The molecule has 2 saturated heterocycles. The van der Waals surface area contributed by atoms with Gasteiger partial charge >= 0.3 is 0 Å². The van der Waals surface area contributed by atoms with Crippen molar-refractivity contribution in [3.63, 3.8) is 0 Å². The fourth-order valence-electron chi connectivity index (χ4n) is 5.39. The van der Waals surface area contributed by atoms with Crippen LogP contribution >= 0.6 is 0 Å². The molecule has 4 unspecified atom stereocenters. The lowest BCUT2D eigenvalue weighted by Crippen LogP contribution is -2.46. The van der Waals surface area contributed by atoms with E-state index in [0.717, 1.165) is 11.1 Å². The van der Waals surface area contributed by atoms with Gasteiger partial charge in [0.05, 0.1) is 36.9 Å². The number of benzene rings is 3. The molecule has 4 atom stereocenters. The molecular weight excluding hydrogens is 444 g/mol. The molecule has 8 heteroatoms. The first-order valence-corrected chi connectivity index (χ1v) is 11.4. The van der Waals surface area contributed by atoms with E-state index < -0.39 is 29.8 Å². The van der Waals surface area contributed by atoms with E-state index in [4.69, 9.17) is 4.74 Å². The van der Waals surface area contributed by atoms with Crippen LogP contribution < -0.4 is 15.0 Å². The van der Waals surface area contributed by atoms with Crippen molar-refractivity contribution in [1.82, 2.24) is 5.01 Å². The van der Waals surface area contributed by atoms with Crippen LogP contribution in [0.2, 0.25) is 0 Å². The van der Waals surface area contributed by atoms with E-state index in [2.05, 4.69) is 10.4 Å². The minimum Gasteiger partial charge on any atom is -0.497 e. The molecule has 0 spiro atoms. The molecule has 8 nitrogen and oxygen atoms in total. The summed E-state index contributed by atoms with van der Waals surface area (Å²) in [6, 6.07) is 22.0. The monoisotopic (exact) mass is 466 g/mol. The number of imide groups is 1. The number of ether oxygens (including phenoxy) is 1. The first-order valence-electron chi connectivity index (χ1n) is 11.4. The second kappa shape index (κ2) is 8.09.